The highest BCUT2D eigenvalue weighted by molar-refractivity contribution is 5.77. The van der Waals surface area contributed by atoms with Crippen LogP contribution in [0.25, 0.3) is 5.65 Å². The van der Waals surface area contributed by atoms with Crippen molar-refractivity contribution in [3.05, 3.63) is 30.2 Å². The molecule has 0 bridgehead atoms. The summed E-state index contributed by atoms with van der Waals surface area (Å²) in [6.07, 6.45) is 6.10. The second-order valence-electron chi connectivity index (χ2n) is 5.33. The van der Waals surface area contributed by atoms with Crippen LogP contribution in [0.2, 0.25) is 0 Å². The molecule has 2 aromatic rings. The summed E-state index contributed by atoms with van der Waals surface area (Å²) < 4.78 is 7.38. The lowest BCUT2D eigenvalue weighted by atomic mass is 10.2. The van der Waals surface area contributed by atoms with Crippen LogP contribution in [0.4, 0.5) is 0 Å². The zero-order valence-corrected chi connectivity index (χ0v) is 13.1. The number of amides is 1. The highest BCUT2D eigenvalue weighted by Gasteiger charge is 2.08. The first-order valence-corrected chi connectivity index (χ1v) is 7.62. The van der Waals surface area contributed by atoms with Gasteiger partial charge < -0.3 is 19.6 Å². The number of fused-ring (bicyclic) bond motifs is 1. The number of carboxylic acid groups (broad SMARTS) is 1. The van der Waals surface area contributed by atoms with Crippen molar-refractivity contribution in [3.63, 3.8) is 0 Å². The number of rotatable bonds is 9. The van der Waals surface area contributed by atoms with Crippen LogP contribution in [0.5, 0.6) is 5.75 Å². The summed E-state index contributed by atoms with van der Waals surface area (Å²) in [5.41, 5.74) is 1.57. The zero-order valence-electron chi connectivity index (χ0n) is 13.1. The molecule has 0 aromatic carbocycles. The molecule has 0 fully saturated rings. The van der Waals surface area contributed by atoms with Crippen LogP contribution in [0.15, 0.2) is 24.5 Å². The van der Waals surface area contributed by atoms with Gasteiger partial charge in [-0.15, -0.1) is 0 Å². The average molecular weight is 319 g/mol. The molecule has 0 aliphatic heterocycles. The van der Waals surface area contributed by atoms with Gasteiger partial charge in [0.15, 0.2) is 18.0 Å². The van der Waals surface area contributed by atoms with Crippen LogP contribution in [0.1, 0.15) is 31.4 Å². The third kappa shape index (κ3) is 5.28. The molecule has 2 heterocycles. The lowest BCUT2D eigenvalue weighted by molar-refractivity contribution is -0.137. The van der Waals surface area contributed by atoms with Gasteiger partial charge in [0.25, 0.3) is 5.91 Å². The molecule has 0 aliphatic carbocycles. The summed E-state index contributed by atoms with van der Waals surface area (Å²) in [5, 5.41) is 11.3. The number of aliphatic carboxylic acids is 1. The molecule has 1 amide bonds. The maximum absolute atomic E-state index is 11.7. The van der Waals surface area contributed by atoms with Crippen molar-refractivity contribution in [1.82, 2.24) is 14.7 Å². The molecular formula is C16H21N3O4. The highest BCUT2D eigenvalue weighted by atomic mass is 16.5. The molecule has 2 rings (SSSR count). The fraction of sp³-hybridized carbons (Fsp3) is 0.438. The number of nitrogens with one attached hydrogen (secondary N) is 1. The standard InChI is InChI=1S/C16H21N3O4/c1-12-10-19-9-5-6-13(16(19)18-12)23-11-14(20)17-8-4-2-3-7-15(21)22/h5-6,9-10H,2-4,7-8,11H2,1H3,(H,17,20)(H,21,22). The van der Waals surface area contributed by atoms with E-state index in [0.717, 1.165) is 18.5 Å². The number of pyridine rings is 1. The molecule has 0 aliphatic rings. The van der Waals surface area contributed by atoms with Crippen LogP contribution in [0.3, 0.4) is 0 Å². The first-order chi connectivity index (χ1) is 11.1. The van der Waals surface area contributed by atoms with Crippen molar-refractivity contribution >= 4 is 17.5 Å². The highest BCUT2D eigenvalue weighted by Crippen LogP contribution is 2.18. The number of ether oxygens (including phenoxy) is 1. The van der Waals surface area contributed by atoms with Crippen LogP contribution >= 0.6 is 0 Å². The predicted octanol–water partition coefficient (Wildman–Crippen LogP) is 1.78. The summed E-state index contributed by atoms with van der Waals surface area (Å²) >= 11 is 0. The average Bonchev–Trinajstić information content (AvgIpc) is 2.89. The number of carbonyl (C=O) groups excluding carboxylic acids is 1. The molecule has 2 aromatic heterocycles. The molecule has 7 heteroatoms. The van der Waals surface area contributed by atoms with Crippen molar-refractivity contribution in [1.29, 1.82) is 0 Å². The van der Waals surface area contributed by atoms with Gasteiger partial charge in [-0.05, 0) is 31.9 Å². The van der Waals surface area contributed by atoms with E-state index in [2.05, 4.69) is 10.3 Å². The minimum Gasteiger partial charge on any atom is -0.481 e. The lowest BCUT2D eigenvalue weighted by Gasteiger charge is -2.08. The van der Waals surface area contributed by atoms with E-state index in [1.165, 1.54) is 0 Å². The van der Waals surface area contributed by atoms with Crippen molar-refractivity contribution in [2.45, 2.75) is 32.6 Å². The van der Waals surface area contributed by atoms with E-state index in [1.807, 2.05) is 29.8 Å². The second kappa shape index (κ2) is 8.17. The summed E-state index contributed by atoms with van der Waals surface area (Å²) in [6, 6.07) is 3.62. The zero-order chi connectivity index (χ0) is 16.7. The van der Waals surface area contributed by atoms with Crippen molar-refractivity contribution in [2.24, 2.45) is 0 Å². The Balaban J connectivity index is 1.70. The minimum absolute atomic E-state index is 0.0687. The van der Waals surface area contributed by atoms with Gasteiger partial charge in [0.2, 0.25) is 0 Å². The maximum atomic E-state index is 11.7. The Morgan fingerprint density at radius 3 is 2.96 bits per heavy atom. The molecule has 0 saturated carbocycles. The van der Waals surface area contributed by atoms with Crippen molar-refractivity contribution in [3.8, 4) is 5.75 Å². The molecule has 124 valence electrons. The van der Waals surface area contributed by atoms with Gasteiger partial charge in [0.1, 0.15) is 0 Å². The van der Waals surface area contributed by atoms with E-state index >= 15 is 0 Å². The molecule has 0 saturated heterocycles. The quantitative estimate of drug-likeness (QED) is 0.687. The Labute approximate surface area is 134 Å². The number of carbonyl (C=O) groups is 2. The van der Waals surface area contributed by atoms with Gasteiger partial charge in [-0.25, -0.2) is 4.98 Å². The van der Waals surface area contributed by atoms with Crippen LogP contribution in [-0.4, -0.2) is 39.5 Å². The second-order valence-corrected chi connectivity index (χ2v) is 5.33. The fourth-order valence-electron chi connectivity index (χ4n) is 2.22. The molecule has 7 nitrogen and oxygen atoms in total. The van der Waals surface area contributed by atoms with E-state index in [-0.39, 0.29) is 18.9 Å². The van der Waals surface area contributed by atoms with Crippen LogP contribution in [-0.2, 0) is 9.59 Å². The van der Waals surface area contributed by atoms with E-state index in [9.17, 15) is 9.59 Å². The number of aryl methyl sites for hydroxylation is 1. The van der Waals surface area contributed by atoms with Gasteiger partial charge in [-0.1, -0.05) is 6.42 Å². The van der Waals surface area contributed by atoms with Gasteiger partial charge in [0.05, 0.1) is 5.69 Å². The first kappa shape index (κ1) is 16.8. The number of carboxylic acids is 1. The predicted molar refractivity (Wildman–Crippen MR) is 84.5 cm³/mol. The van der Waals surface area contributed by atoms with E-state index < -0.39 is 5.97 Å². The first-order valence-electron chi connectivity index (χ1n) is 7.62. The number of hydrogen-bond acceptors (Lipinski definition) is 4. The number of aromatic nitrogens is 2. The van der Waals surface area contributed by atoms with Gasteiger partial charge in [0, 0.05) is 25.4 Å². The molecular weight excluding hydrogens is 298 g/mol. The number of nitrogens with zero attached hydrogens (tertiary/aromatic N) is 2. The number of hydrogen-bond donors (Lipinski definition) is 2. The molecule has 0 radical (unpaired) electrons. The minimum atomic E-state index is -0.786. The smallest absolute Gasteiger partial charge is 0.303 e. The number of imidazole rings is 1. The Hall–Kier alpha value is -2.57. The topological polar surface area (TPSA) is 92.9 Å². The Morgan fingerprint density at radius 1 is 1.35 bits per heavy atom. The van der Waals surface area contributed by atoms with E-state index in [4.69, 9.17) is 9.84 Å². The SMILES string of the molecule is Cc1cn2cccc(OCC(=O)NCCCCCC(=O)O)c2n1. The van der Waals surface area contributed by atoms with Crippen molar-refractivity contribution < 1.29 is 19.4 Å². The molecule has 0 atom stereocenters. The Morgan fingerprint density at radius 2 is 2.17 bits per heavy atom. The summed E-state index contributed by atoms with van der Waals surface area (Å²) in [4.78, 5) is 26.5. The van der Waals surface area contributed by atoms with Gasteiger partial charge >= 0.3 is 5.97 Å². The summed E-state index contributed by atoms with van der Waals surface area (Å²) in [7, 11) is 0. The molecule has 0 spiro atoms. The van der Waals surface area contributed by atoms with Crippen LogP contribution < -0.4 is 10.1 Å². The third-order valence-corrected chi connectivity index (χ3v) is 3.32. The van der Waals surface area contributed by atoms with Crippen LogP contribution in [0, 0.1) is 6.92 Å². The number of unbranched alkanes of at least 4 members (excludes halogenated alkanes) is 2. The molecule has 0 unspecified atom stereocenters. The third-order valence-electron chi connectivity index (χ3n) is 3.32. The van der Waals surface area contributed by atoms with E-state index in [1.54, 1.807) is 6.07 Å². The molecule has 23 heavy (non-hydrogen) atoms. The summed E-state index contributed by atoms with van der Waals surface area (Å²) in [6.45, 7) is 2.35. The molecule has 2 N–H and O–H groups in total. The van der Waals surface area contributed by atoms with Gasteiger partial charge in [-0.3, -0.25) is 9.59 Å². The van der Waals surface area contributed by atoms with E-state index in [0.29, 0.717) is 24.4 Å². The Bertz CT molecular complexity index is 681. The fourth-order valence-corrected chi connectivity index (χ4v) is 2.22. The summed E-state index contributed by atoms with van der Waals surface area (Å²) in [5.74, 6) is -0.420. The lowest BCUT2D eigenvalue weighted by Crippen LogP contribution is -2.29. The van der Waals surface area contributed by atoms with Crippen molar-refractivity contribution in [2.75, 3.05) is 13.2 Å². The monoisotopic (exact) mass is 319 g/mol. The van der Waals surface area contributed by atoms with Gasteiger partial charge in [-0.2, -0.15) is 0 Å². The Kier molecular flexibility index (Phi) is 5.96. The normalized spacial score (nSPS) is 10.7. The largest absolute Gasteiger partial charge is 0.481 e. The maximum Gasteiger partial charge on any atom is 0.303 e.